The van der Waals surface area contributed by atoms with Crippen LogP contribution in [0.15, 0.2) is 36.5 Å². The summed E-state index contributed by atoms with van der Waals surface area (Å²) < 4.78 is 0. The third kappa shape index (κ3) is 5.80. The molecular formula is C17H23ClN2O. The van der Waals surface area contributed by atoms with Gasteiger partial charge < -0.3 is 10.6 Å². The van der Waals surface area contributed by atoms with E-state index in [1.54, 1.807) is 6.20 Å². The van der Waals surface area contributed by atoms with Gasteiger partial charge in [-0.1, -0.05) is 55.1 Å². The summed E-state index contributed by atoms with van der Waals surface area (Å²) in [6, 6.07) is 7.54. The van der Waals surface area contributed by atoms with Gasteiger partial charge in [0, 0.05) is 17.8 Å². The second-order valence-electron chi connectivity index (χ2n) is 5.50. The minimum atomic E-state index is -0.158. The summed E-state index contributed by atoms with van der Waals surface area (Å²) in [5.41, 5.74) is 1.05. The average Bonchev–Trinajstić information content (AvgIpc) is 2.50. The van der Waals surface area contributed by atoms with Gasteiger partial charge in [0.1, 0.15) is 0 Å². The third-order valence-electron chi connectivity index (χ3n) is 3.87. The van der Waals surface area contributed by atoms with E-state index in [1.165, 1.54) is 32.1 Å². The molecule has 2 N–H and O–H groups in total. The Morgan fingerprint density at radius 1 is 1.24 bits per heavy atom. The molecule has 0 spiro atoms. The van der Waals surface area contributed by atoms with Crippen LogP contribution >= 0.6 is 11.6 Å². The van der Waals surface area contributed by atoms with Crippen LogP contribution < -0.4 is 10.6 Å². The zero-order valence-corrected chi connectivity index (χ0v) is 13.0. The van der Waals surface area contributed by atoms with Crippen LogP contribution in [0.5, 0.6) is 0 Å². The van der Waals surface area contributed by atoms with Gasteiger partial charge in [-0.05, 0) is 36.8 Å². The highest BCUT2D eigenvalue weighted by Crippen LogP contribution is 2.24. The van der Waals surface area contributed by atoms with Gasteiger partial charge >= 0.3 is 6.03 Å². The molecule has 0 aromatic heterocycles. The maximum Gasteiger partial charge on any atom is 0.318 e. The van der Waals surface area contributed by atoms with Crippen LogP contribution in [0.3, 0.4) is 0 Å². The van der Waals surface area contributed by atoms with E-state index in [0.29, 0.717) is 12.5 Å². The molecule has 0 aliphatic heterocycles. The minimum Gasteiger partial charge on any atom is -0.338 e. The number of amides is 2. The highest BCUT2D eigenvalue weighted by molar-refractivity contribution is 6.31. The Morgan fingerprint density at radius 2 is 2.00 bits per heavy atom. The van der Waals surface area contributed by atoms with Crippen molar-refractivity contribution in [3.8, 4) is 0 Å². The van der Waals surface area contributed by atoms with Crippen LogP contribution in [0.25, 0.3) is 0 Å². The van der Waals surface area contributed by atoms with Crippen molar-refractivity contribution in [1.29, 1.82) is 0 Å². The molecule has 0 radical (unpaired) electrons. The Balaban J connectivity index is 1.63. The standard InChI is InChI=1S/C17H23ClN2O/c18-16-9-5-4-8-15(16)11-13-20-17(21)19-12-10-14-6-2-1-3-7-14/h4-5,8-10,12,14H,1-3,6-7,11,13H2,(H2,19,20,21)/b12-10+. The fourth-order valence-corrected chi connectivity index (χ4v) is 2.88. The predicted molar refractivity (Wildman–Crippen MR) is 87.4 cm³/mol. The molecule has 1 fully saturated rings. The number of nitrogens with one attached hydrogen (secondary N) is 2. The summed E-state index contributed by atoms with van der Waals surface area (Å²) in [4.78, 5) is 11.7. The van der Waals surface area contributed by atoms with Gasteiger partial charge in [-0.2, -0.15) is 0 Å². The molecular weight excluding hydrogens is 284 g/mol. The number of hydrogen-bond acceptors (Lipinski definition) is 1. The van der Waals surface area contributed by atoms with Crippen LogP contribution in [-0.4, -0.2) is 12.6 Å². The largest absolute Gasteiger partial charge is 0.338 e. The summed E-state index contributed by atoms with van der Waals surface area (Å²) in [7, 11) is 0. The molecule has 0 heterocycles. The summed E-state index contributed by atoms with van der Waals surface area (Å²) in [6.45, 7) is 0.576. The molecule has 114 valence electrons. The molecule has 2 rings (SSSR count). The molecule has 1 saturated carbocycles. The fraction of sp³-hybridized carbons (Fsp3) is 0.471. The Kier molecular flexibility index (Phi) is 6.61. The SMILES string of the molecule is O=C(N/C=C/C1CCCCC1)NCCc1ccccc1Cl. The van der Waals surface area contributed by atoms with Crippen LogP contribution in [0, 0.1) is 5.92 Å². The second kappa shape index (κ2) is 8.73. The molecule has 0 atom stereocenters. The van der Waals surface area contributed by atoms with Gasteiger partial charge in [0.15, 0.2) is 0 Å². The first kappa shape index (κ1) is 15.9. The zero-order valence-electron chi connectivity index (χ0n) is 12.3. The number of allylic oxidation sites excluding steroid dienone is 1. The summed E-state index contributed by atoms with van der Waals surface area (Å²) in [5, 5.41) is 6.35. The molecule has 0 saturated heterocycles. The predicted octanol–water partition coefficient (Wildman–Crippen LogP) is 4.28. The molecule has 1 aromatic rings. The van der Waals surface area contributed by atoms with Crippen molar-refractivity contribution >= 4 is 17.6 Å². The topological polar surface area (TPSA) is 41.1 Å². The van der Waals surface area contributed by atoms with Gasteiger partial charge in [-0.15, -0.1) is 0 Å². The molecule has 1 aromatic carbocycles. The molecule has 21 heavy (non-hydrogen) atoms. The van der Waals surface area contributed by atoms with E-state index in [1.807, 2.05) is 24.3 Å². The van der Waals surface area contributed by atoms with Crippen LogP contribution in [0.1, 0.15) is 37.7 Å². The van der Waals surface area contributed by atoms with Crippen molar-refractivity contribution in [2.75, 3.05) is 6.54 Å². The lowest BCUT2D eigenvalue weighted by Gasteiger charge is -2.17. The average molecular weight is 307 g/mol. The van der Waals surface area contributed by atoms with Gasteiger partial charge in [0.25, 0.3) is 0 Å². The Hall–Kier alpha value is -1.48. The van der Waals surface area contributed by atoms with Crippen LogP contribution in [0.4, 0.5) is 4.79 Å². The van der Waals surface area contributed by atoms with E-state index >= 15 is 0 Å². The summed E-state index contributed by atoms with van der Waals surface area (Å²) in [5.74, 6) is 0.627. The van der Waals surface area contributed by atoms with Crippen molar-refractivity contribution in [2.24, 2.45) is 5.92 Å². The molecule has 3 nitrogen and oxygen atoms in total. The first-order chi connectivity index (χ1) is 10.3. The number of urea groups is 1. The third-order valence-corrected chi connectivity index (χ3v) is 4.24. The normalized spacial score (nSPS) is 16.0. The first-order valence-corrected chi connectivity index (χ1v) is 8.08. The maximum atomic E-state index is 11.7. The van der Waals surface area contributed by atoms with Gasteiger partial charge in [-0.25, -0.2) is 4.79 Å². The molecule has 1 aliphatic carbocycles. The Labute approximate surface area is 131 Å². The van der Waals surface area contributed by atoms with E-state index in [0.717, 1.165) is 17.0 Å². The smallest absolute Gasteiger partial charge is 0.318 e. The summed E-state index contributed by atoms with van der Waals surface area (Å²) >= 11 is 6.07. The number of carbonyl (C=O) groups excluding carboxylic acids is 1. The number of carbonyl (C=O) groups is 1. The van der Waals surface area contributed by atoms with E-state index in [4.69, 9.17) is 11.6 Å². The molecule has 0 unspecified atom stereocenters. The van der Waals surface area contributed by atoms with Gasteiger partial charge in [-0.3, -0.25) is 0 Å². The highest BCUT2D eigenvalue weighted by Gasteiger charge is 2.09. The van der Waals surface area contributed by atoms with E-state index in [-0.39, 0.29) is 6.03 Å². The molecule has 4 heteroatoms. The lowest BCUT2D eigenvalue weighted by atomic mass is 9.89. The van der Waals surface area contributed by atoms with Crippen molar-refractivity contribution in [3.63, 3.8) is 0 Å². The number of benzene rings is 1. The summed E-state index contributed by atoms with van der Waals surface area (Å²) in [6.07, 6.45) is 11.1. The second-order valence-corrected chi connectivity index (χ2v) is 5.91. The molecule has 1 aliphatic rings. The Bertz CT molecular complexity index is 481. The van der Waals surface area contributed by atoms with E-state index in [9.17, 15) is 4.79 Å². The molecule has 2 amide bonds. The first-order valence-electron chi connectivity index (χ1n) is 7.70. The van der Waals surface area contributed by atoms with Crippen molar-refractivity contribution < 1.29 is 4.79 Å². The minimum absolute atomic E-state index is 0.158. The van der Waals surface area contributed by atoms with Crippen molar-refractivity contribution in [1.82, 2.24) is 10.6 Å². The van der Waals surface area contributed by atoms with Crippen molar-refractivity contribution in [2.45, 2.75) is 38.5 Å². The van der Waals surface area contributed by atoms with E-state index in [2.05, 4.69) is 16.7 Å². The maximum absolute atomic E-state index is 11.7. The Morgan fingerprint density at radius 3 is 2.76 bits per heavy atom. The molecule has 0 bridgehead atoms. The van der Waals surface area contributed by atoms with E-state index < -0.39 is 0 Å². The number of halogens is 1. The van der Waals surface area contributed by atoms with Crippen molar-refractivity contribution in [3.05, 3.63) is 47.1 Å². The monoisotopic (exact) mass is 306 g/mol. The zero-order chi connectivity index (χ0) is 14.9. The lowest BCUT2D eigenvalue weighted by Crippen LogP contribution is -2.33. The highest BCUT2D eigenvalue weighted by atomic mass is 35.5. The number of hydrogen-bond donors (Lipinski definition) is 2. The fourth-order valence-electron chi connectivity index (χ4n) is 2.65. The van der Waals surface area contributed by atoms with Crippen LogP contribution in [0.2, 0.25) is 5.02 Å². The van der Waals surface area contributed by atoms with Gasteiger partial charge in [0.2, 0.25) is 0 Å². The quantitative estimate of drug-likeness (QED) is 0.838. The lowest BCUT2D eigenvalue weighted by molar-refractivity contribution is 0.244. The van der Waals surface area contributed by atoms with Gasteiger partial charge in [0.05, 0.1) is 0 Å². The number of rotatable bonds is 5. The van der Waals surface area contributed by atoms with Crippen LogP contribution in [-0.2, 0) is 6.42 Å².